The summed E-state index contributed by atoms with van der Waals surface area (Å²) in [6.45, 7) is 5.56. The number of carbonyl (C=O) groups is 1. The van der Waals surface area contributed by atoms with Gasteiger partial charge >= 0.3 is 0 Å². The molecular weight excluding hydrogens is 352 g/mol. The van der Waals surface area contributed by atoms with Crippen molar-refractivity contribution in [3.05, 3.63) is 69.3 Å². The zero-order valence-corrected chi connectivity index (χ0v) is 16.4. The van der Waals surface area contributed by atoms with E-state index in [-0.39, 0.29) is 11.5 Å². The molecule has 1 aromatic carbocycles. The number of nitrogens with zero attached hydrogens (tertiary/aromatic N) is 3. The molecule has 1 N–H and O–H groups in total. The molecule has 1 saturated heterocycles. The van der Waals surface area contributed by atoms with E-state index in [0.717, 1.165) is 44.5 Å². The minimum atomic E-state index is -0.213. The number of carbonyl (C=O) groups excluding carboxylic acids is 1. The first-order valence-corrected chi connectivity index (χ1v) is 9.94. The van der Waals surface area contributed by atoms with Crippen molar-refractivity contribution in [3.8, 4) is 0 Å². The van der Waals surface area contributed by atoms with Gasteiger partial charge in [0.05, 0.1) is 11.3 Å². The van der Waals surface area contributed by atoms with Gasteiger partial charge in [0.1, 0.15) is 0 Å². The molecule has 4 rings (SSSR count). The lowest BCUT2D eigenvalue weighted by Crippen LogP contribution is -2.40. The van der Waals surface area contributed by atoms with Crippen LogP contribution in [0.2, 0.25) is 0 Å². The molecule has 3 aromatic rings. The van der Waals surface area contributed by atoms with Crippen LogP contribution in [0, 0.1) is 19.8 Å². The van der Waals surface area contributed by atoms with Gasteiger partial charge in [-0.3, -0.25) is 14.7 Å². The monoisotopic (exact) mass is 378 g/mol. The number of aryl methyl sites for hydroxylation is 3. The van der Waals surface area contributed by atoms with E-state index in [1.807, 2.05) is 11.8 Å². The molecule has 1 aliphatic heterocycles. The lowest BCUT2D eigenvalue weighted by molar-refractivity contribution is 0.0666. The van der Waals surface area contributed by atoms with Crippen LogP contribution in [0.25, 0.3) is 5.65 Å². The Labute approximate surface area is 164 Å². The van der Waals surface area contributed by atoms with E-state index in [4.69, 9.17) is 0 Å². The highest BCUT2D eigenvalue weighted by molar-refractivity contribution is 5.95. The summed E-state index contributed by atoms with van der Waals surface area (Å²) in [5.41, 5.74) is 4.33. The van der Waals surface area contributed by atoms with E-state index in [0.29, 0.717) is 17.1 Å². The number of benzene rings is 1. The van der Waals surface area contributed by atoms with Crippen LogP contribution < -0.4 is 5.56 Å². The van der Waals surface area contributed by atoms with Crippen LogP contribution in [-0.4, -0.2) is 38.5 Å². The number of fused-ring (bicyclic) bond motifs is 1. The number of hydrogen-bond acceptors (Lipinski definition) is 3. The molecule has 6 heteroatoms. The Balaban J connectivity index is 1.47. The highest BCUT2D eigenvalue weighted by Gasteiger charge is 2.26. The number of likely N-dealkylation sites (tertiary alicyclic amines) is 1. The number of aromatic nitrogens is 3. The number of piperidine rings is 1. The summed E-state index contributed by atoms with van der Waals surface area (Å²) in [4.78, 5) is 30.9. The number of rotatable bonds is 4. The van der Waals surface area contributed by atoms with Crippen LogP contribution in [0.3, 0.4) is 0 Å². The first kappa shape index (κ1) is 18.5. The van der Waals surface area contributed by atoms with Crippen LogP contribution in [-0.2, 0) is 6.42 Å². The molecule has 2 aromatic heterocycles. The van der Waals surface area contributed by atoms with Crippen molar-refractivity contribution < 1.29 is 4.79 Å². The summed E-state index contributed by atoms with van der Waals surface area (Å²) < 4.78 is 1.59. The second-order valence-corrected chi connectivity index (χ2v) is 7.80. The molecule has 3 heterocycles. The molecule has 1 unspecified atom stereocenters. The first-order chi connectivity index (χ1) is 13.5. The Morgan fingerprint density at radius 3 is 2.93 bits per heavy atom. The molecule has 0 bridgehead atoms. The average Bonchev–Trinajstić information content (AvgIpc) is 3.09. The van der Waals surface area contributed by atoms with Gasteiger partial charge in [0.15, 0.2) is 5.65 Å². The topological polar surface area (TPSA) is 70.5 Å². The molecule has 1 fully saturated rings. The fourth-order valence-electron chi connectivity index (χ4n) is 4.19. The van der Waals surface area contributed by atoms with Gasteiger partial charge in [-0.2, -0.15) is 0 Å². The van der Waals surface area contributed by atoms with Crippen molar-refractivity contribution in [1.29, 1.82) is 0 Å². The van der Waals surface area contributed by atoms with Gasteiger partial charge in [0.25, 0.3) is 11.5 Å². The van der Waals surface area contributed by atoms with E-state index in [9.17, 15) is 9.59 Å². The zero-order chi connectivity index (χ0) is 19.7. The number of hydrogen-bond donors (Lipinski definition) is 1. The van der Waals surface area contributed by atoms with Crippen LogP contribution in [0.1, 0.15) is 46.4 Å². The van der Waals surface area contributed by atoms with E-state index in [2.05, 4.69) is 41.3 Å². The van der Waals surface area contributed by atoms with Crippen LogP contribution in [0.4, 0.5) is 0 Å². The van der Waals surface area contributed by atoms with E-state index in [1.54, 1.807) is 10.7 Å². The molecule has 0 radical (unpaired) electrons. The molecule has 0 saturated carbocycles. The van der Waals surface area contributed by atoms with Gasteiger partial charge in [0, 0.05) is 25.4 Å². The van der Waals surface area contributed by atoms with E-state index in [1.165, 1.54) is 17.2 Å². The van der Waals surface area contributed by atoms with Crippen molar-refractivity contribution >= 4 is 11.6 Å². The quantitative estimate of drug-likeness (QED) is 0.758. The highest BCUT2D eigenvalue weighted by atomic mass is 16.2. The Morgan fingerprint density at radius 1 is 1.29 bits per heavy atom. The predicted molar refractivity (Wildman–Crippen MR) is 109 cm³/mol. The zero-order valence-electron chi connectivity index (χ0n) is 16.4. The maximum absolute atomic E-state index is 13.1. The second-order valence-electron chi connectivity index (χ2n) is 7.80. The number of nitrogens with one attached hydrogen (secondary N) is 1. The molecule has 1 amide bonds. The summed E-state index contributed by atoms with van der Waals surface area (Å²) in [5, 5.41) is 2.71. The Kier molecular flexibility index (Phi) is 5.03. The Hall–Kier alpha value is -2.89. The molecular formula is C22H26N4O2. The van der Waals surface area contributed by atoms with Gasteiger partial charge in [0.2, 0.25) is 0 Å². The van der Waals surface area contributed by atoms with Crippen LogP contribution >= 0.6 is 0 Å². The van der Waals surface area contributed by atoms with Gasteiger partial charge in [-0.05, 0) is 56.6 Å². The number of H-pyrrole nitrogens is 1. The van der Waals surface area contributed by atoms with Crippen molar-refractivity contribution in [3.63, 3.8) is 0 Å². The van der Waals surface area contributed by atoms with Gasteiger partial charge in [-0.15, -0.1) is 0 Å². The summed E-state index contributed by atoms with van der Waals surface area (Å²) in [6.07, 6.45) is 5.93. The minimum absolute atomic E-state index is 0.00189. The van der Waals surface area contributed by atoms with Crippen molar-refractivity contribution in [2.24, 2.45) is 5.92 Å². The molecule has 1 atom stereocenters. The van der Waals surface area contributed by atoms with Gasteiger partial charge < -0.3 is 4.90 Å². The number of aromatic amines is 1. The van der Waals surface area contributed by atoms with Gasteiger partial charge in [-0.25, -0.2) is 9.50 Å². The standard InChI is InChI=1S/C22H26N4O2/c1-15-6-3-4-8-18(15)10-9-17-7-5-11-25(14-17)22(28)19-13-23-20-12-21(27)24-26(20)16(19)2/h3-4,6,8,12-13,17H,5,7,9-11,14H2,1-2H3,(H,24,27). The first-order valence-electron chi connectivity index (χ1n) is 9.94. The fraction of sp³-hybridized carbons (Fsp3) is 0.409. The van der Waals surface area contributed by atoms with Crippen molar-refractivity contribution in [1.82, 2.24) is 19.5 Å². The average molecular weight is 378 g/mol. The van der Waals surface area contributed by atoms with Crippen LogP contribution in [0.15, 0.2) is 41.3 Å². The largest absolute Gasteiger partial charge is 0.338 e. The van der Waals surface area contributed by atoms with Gasteiger partial charge in [-0.1, -0.05) is 24.3 Å². The third kappa shape index (κ3) is 3.59. The SMILES string of the molecule is Cc1ccccc1CCC1CCCN(C(=O)c2cnc3cc(=O)[nH]n3c2C)C1. The van der Waals surface area contributed by atoms with E-state index >= 15 is 0 Å². The van der Waals surface area contributed by atoms with Crippen molar-refractivity contribution in [2.45, 2.75) is 39.5 Å². The lowest BCUT2D eigenvalue weighted by Gasteiger charge is -2.33. The second kappa shape index (κ2) is 7.62. The summed E-state index contributed by atoms with van der Waals surface area (Å²) >= 11 is 0. The predicted octanol–water partition coefficient (Wildman–Crippen LogP) is 3.12. The van der Waals surface area contributed by atoms with Crippen LogP contribution in [0.5, 0.6) is 0 Å². The third-order valence-electron chi connectivity index (χ3n) is 5.88. The molecule has 1 aliphatic rings. The normalized spacial score (nSPS) is 17.2. The third-order valence-corrected chi connectivity index (χ3v) is 5.88. The summed E-state index contributed by atoms with van der Waals surface area (Å²) in [6, 6.07) is 9.96. The summed E-state index contributed by atoms with van der Waals surface area (Å²) in [7, 11) is 0. The smallest absolute Gasteiger partial charge is 0.266 e. The molecule has 28 heavy (non-hydrogen) atoms. The summed E-state index contributed by atoms with van der Waals surface area (Å²) in [5.74, 6) is 0.516. The molecule has 0 aliphatic carbocycles. The molecule has 6 nitrogen and oxygen atoms in total. The van der Waals surface area contributed by atoms with E-state index < -0.39 is 0 Å². The maximum Gasteiger partial charge on any atom is 0.266 e. The maximum atomic E-state index is 13.1. The molecule has 0 spiro atoms. The Bertz CT molecular complexity index is 1070. The number of amides is 1. The van der Waals surface area contributed by atoms with Crippen molar-refractivity contribution in [2.75, 3.05) is 13.1 Å². The lowest BCUT2D eigenvalue weighted by atomic mass is 9.90. The highest BCUT2D eigenvalue weighted by Crippen LogP contribution is 2.24. The minimum Gasteiger partial charge on any atom is -0.338 e. The Morgan fingerprint density at radius 2 is 2.11 bits per heavy atom. The fourth-order valence-corrected chi connectivity index (χ4v) is 4.19. The molecule has 146 valence electrons.